The Labute approximate surface area is 182 Å². The van der Waals surface area contributed by atoms with Crippen LogP contribution in [0.3, 0.4) is 0 Å². The van der Waals surface area contributed by atoms with Crippen molar-refractivity contribution in [3.05, 3.63) is 64.5 Å². The molecule has 164 valence electrons. The number of hydrogen-bond acceptors (Lipinski definition) is 10. The van der Waals surface area contributed by atoms with E-state index in [9.17, 15) is 14.9 Å². The summed E-state index contributed by atoms with van der Waals surface area (Å²) in [5, 5.41) is 15.0. The monoisotopic (exact) mass is 437 g/mol. The zero-order valence-corrected chi connectivity index (χ0v) is 17.3. The number of carbonyl (C=O) groups excluding carboxylic acids is 1. The number of rotatable bonds is 6. The number of carbonyl (C=O) groups is 1. The van der Waals surface area contributed by atoms with Gasteiger partial charge in [-0.3, -0.25) is 10.1 Å². The third-order valence-electron chi connectivity index (χ3n) is 4.78. The van der Waals surface area contributed by atoms with Gasteiger partial charge in [-0.2, -0.15) is 0 Å². The first-order valence-corrected chi connectivity index (χ1v) is 9.56. The van der Waals surface area contributed by atoms with Crippen molar-refractivity contribution in [2.45, 2.75) is 0 Å². The van der Waals surface area contributed by atoms with Crippen molar-refractivity contribution in [3.63, 3.8) is 0 Å². The fraction of sp³-hybridized carbons (Fsp3) is 0.190. The maximum Gasteiger partial charge on any atom is 0.354 e. The molecule has 0 amide bonds. The zero-order valence-electron chi connectivity index (χ0n) is 17.3. The molecule has 1 aliphatic heterocycles. The van der Waals surface area contributed by atoms with Crippen LogP contribution >= 0.6 is 0 Å². The second-order valence-electron chi connectivity index (χ2n) is 6.70. The van der Waals surface area contributed by atoms with Crippen LogP contribution in [-0.4, -0.2) is 48.2 Å². The molecule has 4 rings (SSSR count). The van der Waals surface area contributed by atoms with Crippen LogP contribution in [-0.2, 0) is 4.74 Å². The van der Waals surface area contributed by atoms with E-state index in [1.54, 1.807) is 49.5 Å². The Morgan fingerprint density at radius 1 is 1.16 bits per heavy atom. The number of fused-ring (bicyclic) bond motifs is 1. The van der Waals surface area contributed by atoms with Gasteiger partial charge in [-0.25, -0.2) is 14.8 Å². The van der Waals surface area contributed by atoms with Crippen LogP contribution in [0.4, 0.5) is 28.7 Å². The number of nitrogens with one attached hydrogen (secondary N) is 1. The first-order valence-electron chi connectivity index (χ1n) is 9.56. The van der Waals surface area contributed by atoms with E-state index >= 15 is 0 Å². The van der Waals surface area contributed by atoms with E-state index in [0.29, 0.717) is 36.1 Å². The predicted octanol–water partition coefficient (Wildman–Crippen LogP) is 3.45. The smallest absolute Gasteiger partial charge is 0.354 e. The Morgan fingerprint density at radius 3 is 2.66 bits per heavy atom. The number of hydrogen-bond donors (Lipinski definition) is 1. The van der Waals surface area contributed by atoms with Crippen LogP contribution in [0, 0.1) is 10.1 Å². The molecule has 0 saturated heterocycles. The minimum Gasteiger partial charge on any atom is -0.486 e. The number of methoxy groups -OCH3 is 1. The van der Waals surface area contributed by atoms with Crippen molar-refractivity contribution in [2.75, 3.05) is 37.6 Å². The summed E-state index contributed by atoms with van der Waals surface area (Å²) in [6.07, 6.45) is 1.21. The van der Waals surface area contributed by atoms with Crippen LogP contribution in [0.2, 0.25) is 0 Å². The summed E-state index contributed by atoms with van der Waals surface area (Å²) in [5.74, 6) is 0.542. The molecule has 1 N–H and O–H groups in total. The highest BCUT2D eigenvalue weighted by atomic mass is 16.6. The molecule has 0 unspecified atom stereocenters. The Bertz CT molecular complexity index is 1190. The number of nitrogens with zero attached hydrogens (tertiary/aromatic N) is 4. The number of anilines is 4. The van der Waals surface area contributed by atoms with Crippen LogP contribution in [0.25, 0.3) is 0 Å². The van der Waals surface area contributed by atoms with Gasteiger partial charge in [-0.1, -0.05) is 12.1 Å². The molecule has 32 heavy (non-hydrogen) atoms. The van der Waals surface area contributed by atoms with Gasteiger partial charge in [0.05, 0.1) is 23.3 Å². The number of ether oxygens (including phenoxy) is 3. The lowest BCUT2D eigenvalue weighted by molar-refractivity contribution is -0.383. The third-order valence-corrected chi connectivity index (χ3v) is 4.78. The fourth-order valence-electron chi connectivity index (χ4n) is 3.30. The molecule has 2 aromatic carbocycles. The molecular formula is C21H19N5O6. The number of aromatic nitrogens is 2. The molecule has 1 aliphatic rings. The molecular weight excluding hydrogens is 418 g/mol. The molecule has 0 atom stereocenters. The SMILES string of the molecule is COC(=O)c1ccccc1N(C)c1ncnc(Nc2ccc3c(c2)OCCO3)c1[N+](=O)[O-]. The molecule has 3 aromatic rings. The Hall–Kier alpha value is -4.41. The Kier molecular flexibility index (Phi) is 5.71. The average molecular weight is 437 g/mol. The Morgan fingerprint density at radius 2 is 1.91 bits per heavy atom. The molecule has 0 aliphatic carbocycles. The molecule has 11 heteroatoms. The first kappa shape index (κ1) is 20.8. The fourth-order valence-corrected chi connectivity index (χ4v) is 3.30. The molecule has 0 saturated carbocycles. The van der Waals surface area contributed by atoms with Crippen molar-refractivity contribution in [1.82, 2.24) is 9.97 Å². The van der Waals surface area contributed by atoms with E-state index in [2.05, 4.69) is 15.3 Å². The lowest BCUT2D eigenvalue weighted by Gasteiger charge is -2.21. The van der Waals surface area contributed by atoms with E-state index in [1.165, 1.54) is 18.3 Å². The van der Waals surface area contributed by atoms with Crippen LogP contribution in [0.15, 0.2) is 48.8 Å². The summed E-state index contributed by atoms with van der Waals surface area (Å²) in [4.78, 5) is 33.2. The largest absolute Gasteiger partial charge is 0.486 e. The molecule has 11 nitrogen and oxygen atoms in total. The summed E-state index contributed by atoms with van der Waals surface area (Å²) < 4.78 is 15.9. The maximum atomic E-state index is 12.2. The van der Waals surface area contributed by atoms with Gasteiger partial charge in [0.2, 0.25) is 11.6 Å². The van der Waals surface area contributed by atoms with Gasteiger partial charge in [0, 0.05) is 18.8 Å². The average Bonchev–Trinajstić information content (AvgIpc) is 2.82. The van der Waals surface area contributed by atoms with E-state index < -0.39 is 10.9 Å². The van der Waals surface area contributed by atoms with Crippen molar-refractivity contribution in [3.8, 4) is 11.5 Å². The molecule has 0 spiro atoms. The van der Waals surface area contributed by atoms with Crippen molar-refractivity contribution in [1.29, 1.82) is 0 Å². The third kappa shape index (κ3) is 3.95. The van der Waals surface area contributed by atoms with Crippen LogP contribution in [0.5, 0.6) is 11.5 Å². The van der Waals surface area contributed by atoms with Gasteiger partial charge in [-0.05, 0) is 24.3 Å². The van der Waals surface area contributed by atoms with Gasteiger partial charge >= 0.3 is 11.7 Å². The number of benzene rings is 2. The van der Waals surface area contributed by atoms with Crippen molar-refractivity contribution in [2.24, 2.45) is 0 Å². The van der Waals surface area contributed by atoms with Crippen LogP contribution in [0.1, 0.15) is 10.4 Å². The standard InChI is InChI=1S/C21H19N5O6/c1-25(15-6-4-3-5-14(15)21(27)30-2)20-18(26(28)29)19(22-12-23-20)24-13-7-8-16-17(11-13)32-10-9-31-16/h3-8,11-12H,9-10H2,1-2H3,(H,22,23,24). The second kappa shape index (κ2) is 8.76. The topological polar surface area (TPSA) is 129 Å². The first-order chi connectivity index (χ1) is 15.5. The van der Waals surface area contributed by atoms with Crippen molar-refractivity contribution < 1.29 is 23.9 Å². The van der Waals surface area contributed by atoms with Crippen LogP contribution < -0.4 is 19.7 Å². The number of para-hydroxylation sites is 1. The molecule has 1 aromatic heterocycles. The van der Waals surface area contributed by atoms with E-state index in [-0.39, 0.29) is 22.9 Å². The predicted molar refractivity (Wildman–Crippen MR) is 115 cm³/mol. The van der Waals surface area contributed by atoms with E-state index in [0.717, 1.165) is 0 Å². The van der Waals surface area contributed by atoms with Crippen molar-refractivity contribution >= 4 is 34.7 Å². The quantitative estimate of drug-likeness (QED) is 0.348. The highest BCUT2D eigenvalue weighted by Gasteiger charge is 2.28. The molecule has 0 fully saturated rings. The molecule has 0 radical (unpaired) electrons. The lowest BCUT2D eigenvalue weighted by Crippen LogP contribution is -2.18. The van der Waals surface area contributed by atoms with Gasteiger partial charge < -0.3 is 24.4 Å². The second-order valence-corrected chi connectivity index (χ2v) is 6.70. The number of esters is 1. The summed E-state index contributed by atoms with van der Waals surface area (Å²) in [5.41, 5.74) is 0.808. The van der Waals surface area contributed by atoms with Gasteiger partial charge in [-0.15, -0.1) is 0 Å². The molecule has 2 heterocycles. The molecule has 0 bridgehead atoms. The van der Waals surface area contributed by atoms with E-state index in [4.69, 9.17) is 14.2 Å². The maximum absolute atomic E-state index is 12.2. The highest BCUT2D eigenvalue weighted by Crippen LogP contribution is 2.39. The summed E-state index contributed by atoms with van der Waals surface area (Å²) in [6, 6.07) is 11.7. The normalized spacial score (nSPS) is 12.1. The lowest BCUT2D eigenvalue weighted by atomic mass is 10.1. The summed E-state index contributed by atoms with van der Waals surface area (Å²) >= 11 is 0. The van der Waals surface area contributed by atoms with E-state index in [1.807, 2.05) is 0 Å². The summed E-state index contributed by atoms with van der Waals surface area (Å²) in [6.45, 7) is 0.874. The zero-order chi connectivity index (χ0) is 22.7. The highest BCUT2D eigenvalue weighted by molar-refractivity contribution is 5.97. The minimum atomic E-state index is -0.576. The number of nitro groups is 1. The van der Waals surface area contributed by atoms with Gasteiger partial charge in [0.25, 0.3) is 0 Å². The summed E-state index contributed by atoms with van der Waals surface area (Å²) in [7, 11) is 2.84. The van der Waals surface area contributed by atoms with Gasteiger partial charge in [0.15, 0.2) is 11.5 Å². The minimum absolute atomic E-state index is 0.00129. The van der Waals surface area contributed by atoms with Gasteiger partial charge in [0.1, 0.15) is 19.5 Å². The Balaban J connectivity index is 1.74.